The molecule has 0 aromatic heterocycles. The highest BCUT2D eigenvalue weighted by molar-refractivity contribution is 7.89. The summed E-state index contributed by atoms with van der Waals surface area (Å²) >= 11 is 0. The number of primary sulfonamides is 1. The summed E-state index contributed by atoms with van der Waals surface area (Å²) in [5.74, 6) is -0.297. The smallest absolute Gasteiger partial charge is 0.239 e. The summed E-state index contributed by atoms with van der Waals surface area (Å²) in [7, 11) is -3.84. The molecule has 5 nitrogen and oxygen atoms in total. The molecule has 0 amide bonds. The normalized spacial score (nSPS) is 11.3. The average molecular weight is 227 g/mol. The van der Waals surface area contributed by atoms with Crippen molar-refractivity contribution < 1.29 is 8.42 Å². The van der Waals surface area contributed by atoms with Gasteiger partial charge in [-0.1, -0.05) is 19.1 Å². The molecule has 15 heavy (non-hydrogen) atoms. The van der Waals surface area contributed by atoms with Gasteiger partial charge in [-0.05, 0) is 18.1 Å². The number of aryl methyl sites for hydroxylation is 1. The molecule has 5 N–H and O–H groups in total. The van der Waals surface area contributed by atoms with Crippen LogP contribution < -0.4 is 10.9 Å². The molecule has 1 aromatic rings. The number of nitrogen functional groups attached to an aromatic ring is 1. The monoisotopic (exact) mass is 227 g/mol. The van der Waals surface area contributed by atoms with Crippen molar-refractivity contribution in [2.75, 3.05) is 0 Å². The highest BCUT2D eigenvalue weighted by Crippen LogP contribution is 2.19. The van der Waals surface area contributed by atoms with Crippen LogP contribution in [0.15, 0.2) is 23.1 Å². The molecule has 6 heteroatoms. The van der Waals surface area contributed by atoms with Gasteiger partial charge in [0.25, 0.3) is 0 Å². The zero-order chi connectivity index (χ0) is 11.6. The van der Waals surface area contributed by atoms with E-state index in [1.807, 2.05) is 6.92 Å². The fourth-order valence-electron chi connectivity index (χ4n) is 1.41. The maximum absolute atomic E-state index is 11.4. The van der Waals surface area contributed by atoms with E-state index in [-0.39, 0.29) is 16.3 Å². The molecule has 1 rings (SSSR count). The van der Waals surface area contributed by atoms with Gasteiger partial charge in [-0.2, -0.15) is 0 Å². The van der Waals surface area contributed by atoms with Crippen LogP contribution in [0.1, 0.15) is 18.1 Å². The number of hydrogen-bond donors (Lipinski definition) is 3. The molecule has 0 unspecified atom stereocenters. The van der Waals surface area contributed by atoms with E-state index in [0.717, 1.165) is 0 Å². The average Bonchev–Trinajstić information content (AvgIpc) is 2.15. The first kappa shape index (κ1) is 11.7. The van der Waals surface area contributed by atoms with Gasteiger partial charge in [-0.15, -0.1) is 0 Å². The van der Waals surface area contributed by atoms with Gasteiger partial charge in [0.1, 0.15) is 5.84 Å². The number of benzene rings is 1. The van der Waals surface area contributed by atoms with Crippen molar-refractivity contribution in [3.05, 3.63) is 29.3 Å². The molecular formula is C9H13N3O2S. The first-order valence-electron chi connectivity index (χ1n) is 4.37. The van der Waals surface area contributed by atoms with Crippen molar-refractivity contribution >= 4 is 15.9 Å². The summed E-state index contributed by atoms with van der Waals surface area (Å²) in [6.45, 7) is 1.81. The number of amidine groups is 1. The van der Waals surface area contributed by atoms with Crippen molar-refractivity contribution in [3.63, 3.8) is 0 Å². The van der Waals surface area contributed by atoms with Gasteiger partial charge in [-0.25, -0.2) is 13.6 Å². The van der Waals surface area contributed by atoms with Crippen molar-refractivity contribution in [2.24, 2.45) is 10.9 Å². The molecule has 0 aliphatic heterocycles. The Bertz CT molecular complexity index is 494. The van der Waals surface area contributed by atoms with E-state index in [9.17, 15) is 8.42 Å². The van der Waals surface area contributed by atoms with Crippen molar-refractivity contribution in [3.8, 4) is 0 Å². The highest BCUT2D eigenvalue weighted by Gasteiger charge is 2.19. The number of sulfonamides is 1. The van der Waals surface area contributed by atoms with Crippen molar-refractivity contribution in [1.82, 2.24) is 0 Å². The minimum atomic E-state index is -3.84. The molecule has 1 aromatic carbocycles. The maximum atomic E-state index is 11.4. The Morgan fingerprint density at radius 2 is 2.07 bits per heavy atom. The fourth-order valence-corrected chi connectivity index (χ4v) is 2.47. The largest absolute Gasteiger partial charge is 0.384 e. The molecule has 0 spiro atoms. The Kier molecular flexibility index (Phi) is 3.11. The van der Waals surface area contributed by atoms with Crippen molar-refractivity contribution in [1.29, 1.82) is 5.41 Å². The molecule has 0 aliphatic carbocycles. The van der Waals surface area contributed by atoms with Crippen LogP contribution in [0, 0.1) is 5.41 Å². The summed E-state index contributed by atoms with van der Waals surface area (Å²) in [5, 5.41) is 12.4. The minimum Gasteiger partial charge on any atom is -0.384 e. The Morgan fingerprint density at radius 3 is 2.47 bits per heavy atom. The second-order valence-corrected chi connectivity index (χ2v) is 4.60. The van der Waals surface area contributed by atoms with Gasteiger partial charge < -0.3 is 5.73 Å². The molecule has 0 radical (unpaired) electrons. The Morgan fingerprint density at radius 1 is 1.47 bits per heavy atom. The van der Waals surface area contributed by atoms with E-state index >= 15 is 0 Å². The maximum Gasteiger partial charge on any atom is 0.239 e. The quantitative estimate of drug-likeness (QED) is 0.506. The summed E-state index contributed by atoms with van der Waals surface area (Å²) in [4.78, 5) is -0.0417. The predicted molar refractivity (Wildman–Crippen MR) is 58.2 cm³/mol. The summed E-state index contributed by atoms with van der Waals surface area (Å²) < 4.78 is 22.7. The third-order valence-corrected chi connectivity index (χ3v) is 3.10. The number of rotatable bonds is 3. The minimum absolute atomic E-state index is 0.0417. The molecule has 0 atom stereocenters. The van der Waals surface area contributed by atoms with Gasteiger partial charge >= 0.3 is 0 Å². The van der Waals surface area contributed by atoms with E-state index < -0.39 is 10.0 Å². The molecular weight excluding hydrogens is 214 g/mol. The summed E-state index contributed by atoms with van der Waals surface area (Å²) in [6.07, 6.45) is 0.521. The third kappa shape index (κ3) is 2.34. The summed E-state index contributed by atoms with van der Waals surface area (Å²) in [6, 6.07) is 4.79. The fraction of sp³-hybridized carbons (Fsp3) is 0.222. The second kappa shape index (κ2) is 4.00. The lowest BCUT2D eigenvalue weighted by molar-refractivity contribution is 0.596. The van der Waals surface area contributed by atoms with Crippen LogP contribution in [0.2, 0.25) is 0 Å². The molecule has 0 aliphatic rings. The van der Waals surface area contributed by atoms with Crippen LogP contribution in [-0.2, 0) is 16.4 Å². The van der Waals surface area contributed by atoms with Gasteiger partial charge in [-0.3, -0.25) is 5.41 Å². The van der Waals surface area contributed by atoms with E-state index in [4.69, 9.17) is 16.3 Å². The zero-order valence-corrected chi connectivity index (χ0v) is 9.14. The van der Waals surface area contributed by atoms with Crippen LogP contribution >= 0.6 is 0 Å². The molecule has 0 heterocycles. The lowest BCUT2D eigenvalue weighted by Crippen LogP contribution is -2.22. The van der Waals surface area contributed by atoms with Crippen LogP contribution in [0.5, 0.6) is 0 Å². The molecule has 0 fully saturated rings. The molecule has 82 valence electrons. The predicted octanol–water partition coefficient (Wildman–Crippen LogP) is 0.180. The SMILES string of the molecule is CCc1cccc(C(=N)N)c1S(N)(=O)=O. The number of nitrogens with one attached hydrogen (secondary N) is 1. The lowest BCUT2D eigenvalue weighted by atomic mass is 10.1. The van der Waals surface area contributed by atoms with Crippen LogP contribution in [0.25, 0.3) is 0 Å². The Labute approximate surface area is 88.7 Å². The van der Waals surface area contributed by atoms with Crippen LogP contribution in [0.4, 0.5) is 0 Å². The molecule has 0 saturated carbocycles. The first-order valence-corrected chi connectivity index (χ1v) is 5.91. The summed E-state index contributed by atoms with van der Waals surface area (Å²) in [5.41, 5.74) is 6.04. The zero-order valence-electron chi connectivity index (χ0n) is 8.32. The van der Waals surface area contributed by atoms with Crippen molar-refractivity contribution in [2.45, 2.75) is 18.2 Å². The lowest BCUT2D eigenvalue weighted by Gasteiger charge is -2.10. The number of nitrogens with two attached hydrogens (primary N) is 2. The standard InChI is InChI=1S/C9H13N3O2S/c1-2-6-4-3-5-7(9(10)11)8(6)15(12,13)14/h3-5H,2H2,1H3,(H3,10,11)(H2,12,13,14). The Hall–Kier alpha value is -1.40. The Balaban J connectivity index is 3.63. The van der Waals surface area contributed by atoms with E-state index in [1.54, 1.807) is 12.1 Å². The first-order chi connectivity index (χ1) is 6.88. The van der Waals surface area contributed by atoms with Crippen LogP contribution in [0.3, 0.4) is 0 Å². The van der Waals surface area contributed by atoms with Gasteiger partial charge in [0.05, 0.1) is 4.90 Å². The number of hydrogen-bond acceptors (Lipinski definition) is 3. The van der Waals surface area contributed by atoms with E-state index in [0.29, 0.717) is 12.0 Å². The second-order valence-electron chi connectivity index (χ2n) is 3.11. The van der Waals surface area contributed by atoms with Gasteiger partial charge in [0, 0.05) is 5.56 Å². The van der Waals surface area contributed by atoms with Gasteiger partial charge in [0.2, 0.25) is 10.0 Å². The van der Waals surface area contributed by atoms with Gasteiger partial charge in [0.15, 0.2) is 0 Å². The van der Waals surface area contributed by atoms with E-state index in [1.165, 1.54) is 6.07 Å². The topological polar surface area (TPSA) is 110 Å². The molecule has 0 bridgehead atoms. The highest BCUT2D eigenvalue weighted by atomic mass is 32.2. The third-order valence-electron chi connectivity index (χ3n) is 2.05. The van der Waals surface area contributed by atoms with E-state index in [2.05, 4.69) is 0 Å². The molecule has 0 saturated heterocycles. The van der Waals surface area contributed by atoms with Crippen LogP contribution in [-0.4, -0.2) is 14.3 Å².